The molecule has 0 N–H and O–H groups in total. The van der Waals surface area contributed by atoms with Crippen LogP contribution in [0.25, 0.3) is 33.3 Å². The molecular formula is C23H20N6. The first-order valence-corrected chi connectivity index (χ1v) is 9.74. The lowest BCUT2D eigenvalue weighted by molar-refractivity contribution is 0.603. The van der Waals surface area contributed by atoms with E-state index in [0.29, 0.717) is 0 Å². The van der Waals surface area contributed by atoms with Gasteiger partial charge in [-0.05, 0) is 36.0 Å². The third kappa shape index (κ3) is 3.11. The molecule has 0 fully saturated rings. The van der Waals surface area contributed by atoms with Gasteiger partial charge in [-0.3, -0.25) is 9.67 Å². The van der Waals surface area contributed by atoms with Crippen LogP contribution in [0.4, 0.5) is 0 Å². The summed E-state index contributed by atoms with van der Waals surface area (Å²) >= 11 is 0. The van der Waals surface area contributed by atoms with Gasteiger partial charge in [0.15, 0.2) is 0 Å². The van der Waals surface area contributed by atoms with E-state index in [1.807, 2.05) is 36.4 Å². The van der Waals surface area contributed by atoms with Crippen molar-refractivity contribution in [1.29, 1.82) is 5.26 Å². The molecule has 0 bridgehead atoms. The molecule has 3 heterocycles. The van der Waals surface area contributed by atoms with E-state index in [2.05, 4.69) is 51.6 Å². The lowest BCUT2D eigenvalue weighted by Gasteiger charge is -2.17. The maximum absolute atomic E-state index is 9.17. The number of nitrogens with zero attached hydrogens (tertiary/aromatic N) is 6. The molecule has 0 saturated heterocycles. The van der Waals surface area contributed by atoms with Gasteiger partial charge in [0, 0.05) is 36.8 Å². The molecule has 1 unspecified atom stereocenters. The second-order valence-electron chi connectivity index (χ2n) is 7.44. The van der Waals surface area contributed by atoms with E-state index in [-0.39, 0.29) is 5.92 Å². The molecule has 5 rings (SSSR count). The maximum Gasteiger partial charge on any atom is 0.0999 e. The summed E-state index contributed by atoms with van der Waals surface area (Å²) in [7, 11) is 1.92. The fourth-order valence-electron chi connectivity index (χ4n) is 3.97. The summed E-state index contributed by atoms with van der Waals surface area (Å²) in [5, 5.41) is 18.0. The van der Waals surface area contributed by atoms with Crippen LogP contribution in [-0.4, -0.2) is 24.4 Å². The molecule has 3 aromatic heterocycles. The molecule has 142 valence electrons. The van der Waals surface area contributed by atoms with Crippen LogP contribution in [0.2, 0.25) is 0 Å². The van der Waals surface area contributed by atoms with Crippen LogP contribution >= 0.6 is 0 Å². The third-order valence-electron chi connectivity index (χ3n) is 5.56. The van der Waals surface area contributed by atoms with E-state index in [9.17, 15) is 5.26 Å². The Morgan fingerprint density at radius 3 is 2.59 bits per heavy atom. The molecule has 6 nitrogen and oxygen atoms in total. The van der Waals surface area contributed by atoms with Gasteiger partial charge in [-0.25, -0.2) is 4.52 Å². The van der Waals surface area contributed by atoms with E-state index in [1.165, 1.54) is 5.57 Å². The quantitative estimate of drug-likeness (QED) is 0.524. The van der Waals surface area contributed by atoms with Crippen molar-refractivity contribution in [2.24, 2.45) is 13.0 Å². The number of hydrogen-bond donors (Lipinski definition) is 0. The van der Waals surface area contributed by atoms with Gasteiger partial charge in [-0.1, -0.05) is 30.3 Å². The Hall–Kier alpha value is -3.72. The molecule has 4 aromatic rings. The minimum Gasteiger partial charge on any atom is -0.275 e. The predicted octanol–water partition coefficient (Wildman–Crippen LogP) is 4.50. The van der Waals surface area contributed by atoms with Crippen molar-refractivity contribution in [2.75, 3.05) is 0 Å². The first-order chi connectivity index (χ1) is 14.2. The highest BCUT2D eigenvalue weighted by atomic mass is 15.2. The fourth-order valence-corrected chi connectivity index (χ4v) is 3.97. The van der Waals surface area contributed by atoms with Gasteiger partial charge in [0.2, 0.25) is 0 Å². The van der Waals surface area contributed by atoms with Crippen molar-refractivity contribution < 1.29 is 0 Å². The van der Waals surface area contributed by atoms with Gasteiger partial charge in [-0.2, -0.15) is 15.5 Å². The molecule has 0 spiro atoms. The number of fused-ring (bicyclic) bond motifs is 1. The fraction of sp³-hybridized carbons (Fsp3) is 0.217. The smallest absolute Gasteiger partial charge is 0.0999 e. The van der Waals surface area contributed by atoms with E-state index < -0.39 is 0 Å². The first-order valence-electron chi connectivity index (χ1n) is 9.74. The molecule has 0 radical (unpaired) electrons. The zero-order valence-corrected chi connectivity index (χ0v) is 16.2. The van der Waals surface area contributed by atoms with Crippen LogP contribution in [0.3, 0.4) is 0 Å². The summed E-state index contributed by atoms with van der Waals surface area (Å²) in [5.74, 6) is 0.114. The number of aryl methyl sites for hydroxylation is 1. The summed E-state index contributed by atoms with van der Waals surface area (Å²) < 4.78 is 3.70. The Morgan fingerprint density at radius 2 is 1.90 bits per heavy atom. The van der Waals surface area contributed by atoms with Gasteiger partial charge >= 0.3 is 0 Å². The van der Waals surface area contributed by atoms with Crippen LogP contribution < -0.4 is 0 Å². The molecular weight excluding hydrogens is 360 g/mol. The average molecular weight is 380 g/mol. The zero-order chi connectivity index (χ0) is 19.8. The molecule has 1 atom stereocenters. The van der Waals surface area contributed by atoms with Gasteiger partial charge in [-0.15, -0.1) is 0 Å². The highest BCUT2D eigenvalue weighted by molar-refractivity contribution is 5.89. The molecule has 6 heteroatoms. The standard InChI is InChI=1S/C23H20N6/c1-28-15-20(13-26-28)17-6-8-18(9-7-17)21-14-27-29-11-10-25-22(23(21)29)19-4-2-16(12-24)3-5-19/h4,6-11,13-16H,2-3,5H2,1H3. The Morgan fingerprint density at radius 1 is 1.07 bits per heavy atom. The van der Waals surface area contributed by atoms with Crippen LogP contribution in [0.15, 0.2) is 61.3 Å². The van der Waals surface area contributed by atoms with Gasteiger partial charge < -0.3 is 0 Å². The van der Waals surface area contributed by atoms with Crippen molar-refractivity contribution in [3.8, 4) is 28.3 Å². The maximum atomic E-state index is 9.17. The van der Waals surface area contributed by atoms with Crippen molar-refractivity contribution >= 4 is 11.1 Å². The lowest BCUT2D eigenvalue weighted by atomic mass is 9.88. The molecule has 1 aliphatic carbocycles. The van der Waals surface area contributed by atoms with Gasteiger partial charge in [0.1, 0.15) is 0 Å². The minimum atomic E-state index is 0.114. The largest absolute Gasteiger partial charge is 0.275 e. The molecule has 1 aliphatic rings. The van der Waals surface area contributed by atoms with E-state index >= 15 is 0 Å². The van der Waals surface area contributed by atoms with Gasteiger partial charge in [0.05, 0.1) is 35.6 Å². The van der Waals surface area contributed by atoms with E-state index in [1.54, 1.807) is 10.9 Å². The first kappa shape index (κ1) is 17.4. The van der Waals surface area contributed by atoms with Crippen molar-refractivity contribution in [3.63, 3.8) is 0 Å². The summed E-state index contributed by atoms with van der Waals surface area (Å²) in [6.45, 7) is 0. The van der Waals surface area contributed by atoms with Crippen LogP contribution in [-0.2, 0) is 7.05 Å². The molecule has 1 aromatic carbocycles. The minimum absolute atomic E-state index is 0.114. The zero-order valence-electron chi connectivity index (χ0n) is 16.2. The normalized spacial score (nSPS) is 16.6. The Balaban J connectivity index is 1.56. The van der Waals surface area contributed by atoms with Crippen LogP contribution in [0.5, 0.6) is 0 Å². The van der Waals surface area contributed by atoms with Crippen LogP contribution in [0, 0.1) is 17.2 Å². The summed E-state index contributed by atoms with van der Waals surface area (Å²) in [5.41, 5.74) is 7.59. The number of allylic oxidation sites excluding steroid dienone is 2. The monoisotopic (exact) mass is 380 g/mol. The lowest BCUT2D eigenvalue weighted by Crippen LogP contribution is -2.05. The number of benzene rings is 1. The number of nitriles is 1. The Kier molecular flexibility index (Phi) is 4.21. The number of hydrogen-bond acceptors (Lipinski definition) is 4. The number of rotatable bonds is 3. The van der Waals surface area contributed by atoms with E-state index in [0.717, 1.165) is 52.7 Å². The summed E-state index contributed by atoms with van der Waals surface area (Å²) in [6, 6.07) is 10.9. The number of aromatic nitrogens is 5. The predicted molar refractivity (Wildman–Crippen MR) is 112 cm³/mol. The highest BCUT2D eigenvalue weighted by Crippen LogP contribution is 2.35. The Bertz CT molecular complexity index is 1250. The second kappa shape index (κ2) is 7.02. The average Bonchev–Trinajstić information content (AvgIpc) is 3.40. The topological polar surface area (TPSA) is 71.8 Å². The molecule has 0 aliphatic heterocycles. The molecule has 29 heavy (non-hydrogen) atoms. The van der Waals surface area contributed by atoms with Crippen molar-refractivity contribution in [3.05, 3.63) is 67.0 Å². The summed E-state index contributed by atoms with van der Waals surface area (Å²) in [6.07, 6.45) is 14.2. The third-order valence-corrected chi connectivity index (χ3v) is 5.56. The van der Waals surface area contributed by atoms with Crippen molar-refractivity contribution in [2.45, 2.75) is 19.3 Å². The summed E-state index contributed by atoms with van der Waals surface area (Å²) in [4.78, 5) is 4.68. The van der Waals surface area contributed by atoms with Gasteiger partial charge in [0.25, 0.3) is 0 Å². The SMILES string of the molecule is Cn1cc(-c2ccc(-c3cnn4ccnc(C5=CCC(C#N)CC5)c34)cc2)cn1. The van der Waals surface area contributed by atoms with Crippen LogP contribution in [0.1, 0.15) is 25.0 Å². The van der Waals surface area contributed by atoms with Crippen molar-refractivity contribution in [1.82, 2.24) is 24.4 Å². The molecule has 0 saturated carbocycles. The second-order valence-corrected chi connectivity index (χ2v) is 7.44. The van der Waals surface area contributed by atoms with E-state index in [4.69, 9.17) is 0 Å². The Labute approximate surface area is 168 Å². The highest BCUT2D eigenvalue weighted by Gasteiger charge is 2.20. The molecule has 0 amide bonds.